The number of hydrogen-bond donors (Lipinski definition) is 1. The molecular formula is C11H12F3NO. The number of nitrogens with one attached hydrogen (secondary N) is 1. The molecule has 1 aliphatic heterocycles. The first-order chi connectivity index (χ1) is 7.55. The Labute approximate surface area is 91.4 Å². The molecule has 1 N–H and O–H groups in total. The van der Waals surface area contributed by atoms with Crippen molar-refractivity contribution in [3.05, 3.63) is 29.8 Å². The van der Waals surface area contributed by atoms with E-state index in [9.17, 15) is 13.2 Å². The highest BCUT2D eigenvalue weighted by molar-refractivity contribution is 5.28. The number of ether oxygens (including phenoxy) is 1. The van der Waals surface area contributed by atoms with E-state index < -0.39 is 11.7 Å². The summed E-state index contributed by atoms with van der Waals surface area (Å²) in [6.07, 6.45) is -4.28. The van der Waals surface area contributed by atoms with Crippen LogP contribution in [0.25, 0.3) is 0 Å². The summed E-state index contributed by atoms with van der Waals surface area (Å²) in [6, 6.07) is 4.78. The zero-order valence-electron chi connectivity index (χ0n) is 8.55. The molecule has 0 atom stereocenters. The van der Waals surface area contributed by atoms with Crippen molar-refractivity contribution in [2.24, 2.45) is 5.92 Å². The van der Waals surface area contributed by atoms with E-state index in [2.05, 4.69) is 5.32 Å². The standard InChI is InChI=1S/C11H12F3NO/c12-11(13,14)9-1-3-10(4-2-9)16-7-8-5-15-6-8/h1-4,8,15H,5-7H2. The predicted molar refractivity (Wildman–Crippen MR) is 53.3 cm³/mol. The molecule has 5 heteroatoms. The van der Waals surface area contributed by atoms with E-state index in [-0.39, 0.29) is 0 Å². The molecule has 1 aliphatic rings. The molecule has 1 aromatic carbocycles. The van der Waals surface area contributed by atoms with Crippen LogP contribution >= 0.6 is 0 Å². The van der Waals surface area contributed by atoms with Gasteiger partial charge in [0.05, 0.1) is 12.2 Å². The minimum Gasteiger partial charge on any atom is -0.493 e. The summed E-state index contributed by atoms with van der Waals surface area (Å²) in [6.45, 7) is 2.39. The SMILES string of the molecule is FC(F)(F)c1ccc(OCC2CNC2)cc1. The Bertz CT molecular complexity index is 343. The van der Waals surface area contributed by atoms with Crippen molar-refractivity contribution in [1.82, 2.24) is 5.32 Å². The molecule has 0 amide bonds. The van der Waals surface area contributed by atoms with E-state index in [0.717, 1.165) is 25.2 Å². The Morgan fingerprint density at radius 1 is 1.19 bits per heavy atom. The van der Waals surface area contributed by atoms with Crippen LogP contribution in [-0.4, -0.2) is 19.7 Å². The zero-order valence-corrected chi connectivity index (χ0v) is 8.55. The van der Waals surface area contributed by atoms with Crippen molar-refractivity contribution >= 4 is 0 Å². The van der Waals surface area contributed by atoms with Crippen LogP contribution in [-0.2, 0) is 6.18 Å². The van der Waals surface area contributed by atoms with Gasteiger partial charge < -0.3 is 10.1 Å². The smallest absolute Gasteiger partial charge is 0.416 e. The fraction of sp³-hybridized carbons (Fsp3) is 0.455. The van der Waals surface area contributed by atoms with E-state index in [1.54, 1.807) is 0 Å². The normalized spacial score (nSPS) is 16.9. The molecule has 0 unspecified atom stereocenters. The van der Waals surface area contributed by atoms with Crippen molar-refractivity contribution in [1.29, 1.82) is 0 Å². The number of alkyl halides is 3. The van der Waals surface area contributed by atoms with Gasteiger partial charge in [0.1, 0.15) is 5.75 Å². The molecule has 1 saturated heterocycles. The number of rotatable bonds is 3. The van der Waals surface area contributed by atoms with Crippen molar-refractivity contribution < 1.29 is 17.9 Å². The van der Waals surface area contributed by atoms with Gasteiger partial charge in [0, 0.05) is 19.0 Å². The van der Waals surface area contributed by atoms with Gasteiger partial charge in [-0.2, -0.15) is 13.2 Å². The van der Waals surface area contributed by atoms with E-state index >= 15 is 0 Å². The van der Waals surface area contributed by atoms with Gasteiger partial charge in [-0.15, -0.1) is 0 Å². The lowest BCUT2D eigenvalue weighted by Crippen LogP contribution is -2.45. The maximum atomic E-state index is 12.2. The third-order valence-electron chi connectivity index (χ3n) is 2.53. The molecule has 2 nitrogen and oxygen atoms in total. The van der Waals surface area contributed by atoms with Crippen LogP contribution < -0.4 is 10.1 Å². The molecule has 1 heterocycles. The Morgan fingerprint density at radius 3 is 2.25 bits per heavy atom. The first kappa shape index (κ1) is 11.3. The van der Waals surface area contributed by atoms with Crippen LogP contribution in [0.4, 0.5) is 13.2 Å². The van der Waals surface area contributed by atoms with Gasteiger partial charge in [0.15, 0.2) is 0 Å². The second-order valence-electron chi connectivity index (χ2n) is 3.86. The molecule has 0 bridgehead atoms. The van der Waals surface area contributed by atoms with Gasteiger partial charge in [-0.05, 0) is 24.3 Å². The summed E-state index contributed by atoms with van der Waals surface area (Å²) in [5, 5.41) is 3.10. The van der Waals surface area contributed by atoms with E-state index in [1.165, 1.54) is 12.1 Å². The molecule has 88 valence electrons. The van der Waals surface area contributed by atoms with E-state index in [4.69, 9.17) is 4.74 Å². The maximum absolute atomic E-state index is 12.2. The van der Waals surface area contributed by atoms with Crippen LogP contribution in [0.5, 0.6) is 5.75 Å². The first-order valence-electron chi connectivity index (χ1n) is 5.06. The van der Waals surface area contributed by atoms with Gasteiger partial charge >= 0.3 is 6.18 Å². The van der Waals surface area contributed by atoms with Gasteiger partial charge in [0.25, 0.3) is 0 Å². The fourth-order valence-electron chi connectivity index (χ4n) is 1.42. The molecule has 0 spiro atoms. The number of benzene rings is 1. The van der Waals surface area contributed by atoms with Crippen LogP contribution in [0.1, 0.15) is 5.56 Å². The minimum atomic E-state index is -4.28. The summed E-state index contributed by atoms with van der Waals surface area (Å²) in [5.74, 6) is 0.960. The molecule has 0 aliphatic carbocycles. The molecule has 0 aromatic heterocycles. The molecule has 1 aromatic rings. The third-order valence-corrected chi connectivity index (χ3v) is 2.53. The monoisotopic (exact) mass is 231 g/mol. The largest absolute Gasteiger partial charge is 0.493 e. The van der Waals surface area contributed by atoms with Gasteiger partial charge in [-0.3, -0.25) is 0 Å². The Hall–Kier alpha value is -1.23. The lowest BCUT2D eigenvalue weighted by molar-refractivity contribution is -0.137. The Balaban J connectivity index is 1.91. The first-order valence-corrected chi connectivity index (χ1v) is 5.06. The summed E-state index contributed by atoms with van der Waals surface area (Å²) in [5.41, 5.74) is -0.648. The van der Waals surface area contributed by atoms with Gasteiger partial charge in [-0.1, -0.05) is 0 Å². The van der Waals surface area contributed by atoms with E-state index in [1.807, 2.05) is 0 Å². The maximum Gasteiger partial charge on any atom is 0.416 e. The van der Waals surface area contributed by atoms with Crippen LogP contribution in [0.2, 0.25) is 0 Å². The second-order valence-corrected chi connectivity index (χ2v) is 3.86. The molecule has 0 radical (unpaired) electrons. The lowest BCUT2D eigenvalue weighted by atomic mass is 10.1. The lowest BCUT2D eigenvalue weighted by Gasteiger charge is -2.26. The van der Waals surface area contributed by atoms with Crippen molar-refractivity contribution in [2.45, 2.75) is 6.18 Å². The van der Waals surface area contributed by atoms with Crippen LogP contribution in [0.15, 0.2) is 24.3 Å². The molecular weight excluding hydrogens is 219 g/mol. The van der Waals surface area contributed by atoms with Gasteiger partial charge in [-0.25, -0.2) is 0 Å². The summed E-state index contributed by atoms with van der Waals surface area (Å²) in [7, 11) is 0. The Kier molecular flexibility index (Phi) is 3.05. The number of hydrogen-bond acceptors (Lipinski definition) is 2. The van der Waals surface area contributed by atoms with Crippen molar-refractivity contribution in [2.75, 3.05) is 19.7 Å². The highest BCUT2D eigenvalue weighted by Gasteiger charge is 2.30. The van der Waals surface area contributed by atoms with Crippen LogP contribution in [0.3, 0.4) is 0 Å². The Morgan fingerprint density at radius 2 is 1.81 bits per heavy atom. The molecule has 1 fully saturated rings. The highest BCUT2D eigenvalue weighted by atomic mass is 19.4. The van der Waals surface area contributed by atoms with Crippen LogP contribution in [0, 0.1) is 5.92 Å². The average Bonchev–Trinajstić information content (AvgIpc) is 2.15. The molecule has 0 saturated carbocycles. The minimum absolute atomic E-state index is 0.474. The van der Waals surface area contributed by atoms with E-state index in [0.29, 0.717) is 18.3 Å². The third kappa shape index (κ3) is 2.66. The van der Waals surface area contributed by atoms with Crippen molar-refractivity contribution in [3.63, 3.8) is 0 Å². The average molecular weight is 231 g/mol. The zero-order chi connectivity index (χ0) is 11.6. The quantitative estimate of drug-likeness (QED) is 0.861. The fourth-order valence-corrected chi connectivity index (χ4v) is 1.42. The predicted octanol–water partition coefficient (Wildman–Crippen LogP) is 2.30. The summed E-state index contributed by atoms with van der Waals surface area (Å²) >= 11 is 0. The highest BCUT2D eigenvalue weighted by Crippen LogP contribution is 2.30. The molecule has 16 heavy (non-hydrogen) atoms. The van der Waals surface area contributed by atoms with Crippen molar-refractivity contribution in [3.8, 4) is 5.75 Å². The summed E-state index contributed by atoms with van der Waals surface area (Å²) < 4.78 is 42.1. The number of halogens is 3. The van der Waals surface area contributed by atoms with Gasteiger partial charge in [0.2, 0.25) is 0 Å². The topological polar surface area (TPSA) is 21.3 Å². The second kappa shape index (κ2) is 4.33. The molecule has 2 rings (SSSR count). The summed E-state index contributed by atoms with van der Waals surface area (Å²) in [4.78, 5) is 0.